The van der Waals surface area contributed by atoms with Crippen molar-refractivity contribution in [1.82, 2.24) is 14.9 Å². The Morgan fingerprint density at radius 3 is 2.59 bits per heavy atom. The molecule has 0 spiro atoms. The maximum atomic E-state index is 13.2. The molecule has 2 aromatic carbocycles. The lowest BCUT2D eigenvalue weighted by Gasteiger charge is -2.15. The SMILES string of the molecule is CCc1cc2c(=O)c(-c3nc4ccccc4[nH]3)coc2c(CN(C)C)c1O.Cl.Cl. The molecule has 0 fully saturated rings. The van der Waals surface area contributed by atoms with Gasteiger partial charge in [0.15, 0.2) is 0 Å². The van der Waals surface area contributed by atoms with Crippen molar-refractivity contribution >= 4 is 46.8 Å². The molecule has 0 bridgehead atoms. The second kappa shape index (κ2) is 8.86. The number of halogens is 2. The van der Waals surface area contributed by atoms with E-state index in [0.29, 0.717) is 40.9 Å². The molecule has 0 aliphatic heterocycles. The number of hydrogen-bond acceptors (Lipinski definition) is 5. The first-order valence-electron chi connectivity index (χ1n) is 8.88. The van der Waals surface area contributed by atoms with Crippen LogP contribution in [0.25, 0.3) is 33.4 Å². The summed E-state index contributed by atoms with van der Waals surface area (Å²) < 4.78 is 5.84. The number of aromatic amines is 1. The van der Waals surface area contributed by atoms with Gasteiger partial charge in [0.1, 0.15) is 29.0 Å². The average Bonchev–Trinajstić information content (AvgIpc) is 3.07. The number of hydrogen-bond donors (Lipinski definition) is 2. The van der Waals surface area contributed by atoms with E-state index < -0.39 is 0 Å². The Morgan fingerprint density at radius 2 is 1.93 bits per heavy atom. The summed E-state index contributed by atoms with van der Waals surface area (Å²) in [6, 6.07) is 9.34. The van der Waals surface area contributed by atoms with Crippen LogP contribution < -0.4 is 5.43 Å². The van der Waals surface area contributed by atoms with E-state index in [1.807, 2.05) is 50.2 Å². The van der Waals surface area contributed by atoms with Crippen LogP contribution in [0, 0.1) is 0 Å². The maximum absolute atomic E-state index is 13.2. The number of aromatic hydroxyl groups is 1. The summed E-state index contributed by atoms with van der Waals surface area (Å²) in [6.07, 6.45) is 2.04. The van der Waals surface area contributed by atoms with Crippen LogP contribution in [-0.4, -0.2) is 34.1 Å². The Labute approximate surface area is 180 Å². The Hall–Kier alpha value is -2.54. The van der Waals surface area contributed by atoms with Gasteiger partial charge in [-0.2, -0.15) is 0 Å². The lowest BCUT2D eigenvalue weighted by Crippen LogP contribution is -2.13. The number of nitrogens with zero attached hydrogens (tertiary/aromatic N) is 2. The van der Waals surface area contributed by atoms with Gasteiger partial charge in [-0.25, -0.2) is 4.98 Å². The highest BCUT2D eigenvalue weighted by Gasteiger charge is 2.19. The number of rotatable bonds is 4. The van der Waals surface area contributed by atoms with Gasteiger partial charge in [-0.1, -0.05) is 19.1 Å². The largest absolute Gasteiger partial charge is 0.507 e. The van der Waals surface area contributed by atoms with Gasteiger partial charge in [0.2, 0.25) is 5.43 Å². The predicted molar refractivity (Wildman–Crippen MR) is 121 cm³/mol. The number of H-pyrrole nitrogens is 1. The number of phenolic OH excluding ortho intramolecular Hbond substituents is 1. The number of phenols is 1. The number of aryl methyl sites for hydroxylation is 1. The Bertz CT molecular complexity index is 1180. The Balaban J connectivity index is 0.00000150. The molecule has 2 heterocycles. The highest BCUT2D eigenvalue weighted by atomic mass is 35.5. The van der Waals surface area contributed by atoms with Gasteiger partial charge in [0, 0.05) is 6.54 Å². The molecule has 2 aromatic heterocycles. The lowest BCUT2D eigenvalue weighted by molar-refractivity contribution is 0.382. The topological polar surface area (TPSA) is 82.4 Å². The van der Waals surface area contributed by atoms with Gasteiger partial charge >= 0.3 is 0 Å². The van der Waals surface area contributed by atoms with E-state index in [1.54, 1.807) is 6.07 Å². The van der Waals surface area contributed by atoms with Crippen molar-refractivity contribution in [3.8, 4) is 17.1 Å². The summed E-state index contributed by atoms with van der Waals surface area (Å²) >= 11 is 0. The molecule has 29 heavy (non-hydrogen) atoms. The Morgan fingerprint density at radius 1 is 1.21 bits per heavy atom. The van der Waals surface area contributed by atoms with E-state index in [4.69, 9.17) is 4.42 Å². The van der Waals surface area contributed by atoms with E-state index in [1.165, 1.54) is 6.26 Å². The van der Waals surface area contributed by atoms with Crippen LogP contribution >= 0.6 is 24.8 Å². The van der Waals surface area contributed by atoms with E-state index in [2.05, 4.69) is 9.97 Å². The molecule has 2 N–H and O–H groups in total. The van der Waals surface area contributed by atoms with Gasteiger partial charge in [-0.05, 0) is 44.3 Å². The minimum Gasteiger partial charge on any atom is -0.507 e. The van der Waals surface area contributed by atoms with Crippen LogP contribution in [0.2, 0.25) is 0 Å². The molecule has 8 heteroatoms. The summed E-state index contributed by atoms with van der Waals surface area (Å²) in [5.41, 5.74) is 3.65. The first-order chi connectivity index (χ1) is 13.0. The third-order valence-corrected chi connectivity index (χ3v) is 4.71. The summed E-state index contributed by atoms with van der Waals surface area (Å²) in [7, 11) is 3.82. The van der Waals surface area contributed by atoms with Crippen molar-refractivity contribution in [1.29, 1.82) is 0 Å². The van der Waals surface area contributed by atoms with Crippen molar-refractivity contribution in [2.24, 2.45) is 0 Å². The lowest BCUT2D eigenvalue weighted by atomic mass is 10.0. The molecule has 0 atom stereocenters. The number of imidazole rings is 1. The predicted octanol–water partition coefficient (Wildman–Crippen LogP) is 4.51. The molecule has 0 aliphatic rings. The Kier molecular flexibility index (Phi) is 6.95. The maximum Gasteiger partial charge on any atom is 0.203 e. The molecule has 0 aliphatic carbocycles. The van der Waals surface area contributed by atoms with E-state index in [-0.39, 0.29) is 36.0 Å². The highest BCUT2D eigenvalue weighted by molar-refractivity contribution is 5.87. The summed E-state index contributed by atoms with van der Waals surface area (Å²) in [4.78, 5) is 22.8. The number of para-hydroxylation sites is 2. The van der Waals surface area contributed by atoms with Gasteiger partial charge in [-0.3, -0.25) is 4.79 Å². The minimum absolute atomic E-state index is 0. The quantitative estimate of drug-likeness (QED) is 0.492. The van der Waals surface area contributed by atoms with E-state index in [9.17, 15) is 9.90 Å². The van der Waals surface area contributed by atoms with Gasteiger partial charge in [0.25, 0.3) is 0 Å². The number of benzene rings is 2. The molecular formula is C21H23Cl2N3O3. The van der Waals surface area contributed by atoms with E-state index in [0.717, 1.165) is 16.6 Å². The molecule has 4 rings (SSSR count). The number of nitrogens with one attached hydrogen (secondary N) is 1. The van der Waals surface area contributed by atoms with Gasteiger partial charge in [-0.15, -0.1) is 24.8 Å². The molecule has 0 saturated carbocycles. The van der Waals surface area contributed by atoms with Crippen molar-refractivity contribution < 1.29 is 9.52 Å². The third-order valence-electron chi connectivity index (χ3n) is 4.71. The van der Waals surface area contributed by atoms with Crippen LogP contribution in [-0.2, 0) is 13.0 Å². The average molecular weight is 436 g/mol. The molecular weight excluding hydrogens is 413 g/mol. The third kappa shape index (κ3) is 3.96. The molecule has 6 nitrogen and oxygen atoms in total. The molecule has 4 aromatic rings. The molecule has 0 amide bonds. The van der Waals surface area contributed by atoms with Crippen molar-refractivity contribution in [2.75, 3.05) is 14.1 Å². The zero-order valence-electron chi connectivity index (χ0n) is 16.4. The van der Waals surface area contributed by atoms with Crippen LogP contribution in [0.4, 0.5) is 0 Å². The summed E-state index contributed by atoms with van der Waals surface area (Å²) in [5.74, 6) is 0.672. The standard InChI is InChI=1S/C21H21N3O3.2ClH/c1-4-12-9-13-19(26)15(21-22-16-7-5-6-8-17(16)23-21)11-27-20(13)14(18(12)25)10-24(2)3;;/h5-9,11,25H,4,10H2,1-3H3,(H,22,23);2*1H. The van der Waals surface area contributed by atoms with Crippen molar-refractivity contribution in [3.63, 3.8) is 0 Å². The van der Waals surface area contributed by atoms with Gasteiger partial charge in [0.05, 0.1) is 22.0 Å². The highest BCUT2D eigenvalue weighted by Crippen LogP contribution is 2.32. The molecule has 0 unspecified atom stereocenters. The normalized spacial score (nSPS) is 10.9. The second-order valence-corrected chi connectivity index (χ2v) is 6.91. The molecule has 0 saturated heterocycles. The fourth-order valence-corrected chi connectivity index (χ4v) is 3.37. The fourth-order valence-electron chi connectivity index (χ4n) is 3.37. The fraction of sp³-hybridized carbons (Fsp3) is 0.238. The monoisotopic (exact) mass is 435 g/mol. The number of aromatic nitrogens is 2. The smallest absolute Gasteiger partial charge is 0.203 e. The van der Waals surface area contributed by atoms with Crippen molar-refractivity contribution in [3.05, 3.63) is 57.9 Å². The minimum atomic E-state index is -0.162. The van der Waals surface area contributed by atoms with Gasteiger partial charge < -0.3 is 19.4 Å². The number of fused-ring (bicyclic) bond motifs is 2. The van der Waals surface area contributed by atoms with Crippen LogP contribution in [0.15, 0.2) is 45.8 Å². The summed E-state index contributed by atoms with van der Waals surface area (Å²) in [5, 5.41) is 11.1. The zero-order valence-corrected chi connectivity index (χ0v) is 18.0. The van der Waals surface area contributed by atoms with Crippen LogP contribution in [0.1, 0.15) is 18.1 Å². The zero-order chi connectivity index (χ0) is 19.1. The van der Waals surface area contributed by atoms with Crippen LogP contribution in [0.3, 0.4) is 0 Å². The summed E-state index contributed by atoms with van der Waals surface area (Å²) in [6.45, 7) is 2.42. The second-order valence-electron chi connectivity index (χ2n) is 6.91. The first-order valence-corrected chi connectivity index (χ1v) is 8.88. The molecule has 0 radical (unpaired) electrons. The molecule has 154 valence electrons. The van der Waals surface area contributed by atoms with E-state index >= 15 is 0 Å². The van der Waals surface area contributed by atoms with Crippen LogP contribution in [0.5, 0.6) is 5.75 Å². The van der Waals surface area contributed by atoms with Crippen molar-refractivity contribution in [2.45, 2.75) is 19.9 Å². The first kappa shape index (κ1) is 22.7.